The van der Waals surface area contributed by atoms with Gasteiger partial charge in [-0.2, -0.15) is 11.8 Å². The van der Waals surface area contributed by atoms with E-state index in [-0.39, 0.29) is 76.8 Å². The number of carbonyl (C=O) groups excluding carboxylic acids is 10. The van der Waals surface area contributed by atoms with Crippen LogP contribution in [0.3, 0.4) is 0 Å². The molecular formula is C54H75N15O12S2. The fourth-order valence-corrected chi connectivity index (χ4v) is 10.7. The fourth-order valence-electron chi connectivity index (χ4n) is 9.63. The van der Waals surface area contributed by atoms with Crippen LogP contribution < -0.4 is 47.9 Å². The lowest BCUT2D eigenvalue weighted by molar-refractivity contribution is -0.141. The minimum atomic E-state index is -1.52. The van der Waals surface area contributed by atoms with E-state index >= 15 is 0 Å². The summed E-state index contributed by atoms with van der Waals surface area (Å²) >= 11 is 2.64. The zero-order valence-electron chi connectivity index (χ0n) is 46.7. The number of thioether (sulfide) groups is 1. The van der Waals surface area contributed by atoms with Gasteiger partial charge in [-0.15, -0.1) is 11.3 Å². The smallest absolute Gasteiger partial charge is 0.303 e. The van der Waals surface area contributed by atoms with Gasteiger partial charge in [0.1, 0.15) is 48.3 Å². The number of hydrogen-bond acceptors (Lipinski definition) is 17. The first kappa shape index (κ1) is 64.3. The van der Waals surface area contributed by atoms with E-state index in [9.17, 15) is 57.8 Å². The highest BCUT2D eigenvalue weighted by atomic mass is 32.2. The Bertz CT molecular complexity index is 2730. The Morgan fingerprint density at radius 3 is 2.00 bits per heavy atom. The molecule has 1 unspecified atom stereocenters. The van der Waals surface area contributed by atoms with Gasteiger partial charge in [0.25, 0.3) is 0 Å². The topological polar surface area (TPSA) is 386 Å². The van der Waals surface area contributed by atoms with Crippen molar-refractivity contribution in [3.63, 3.8) is 0 Å². The molecule has 0 spiro atoms. The summed E-state index contributed by atoms with van der Waals surface area (Å²) in [5.41, 5.74) is 3.00. The monoisotopic (exact) mass is 1190 g/mol. The number of nitrogens with one attached hydrogen (secondary N) is 10. The maximum absolute atomic E-state index is 14.4. The summed E-state index contributed by atoms with van der Waals surface area (Å²) in [5.74, 6) is -8.92. The molecule has 5 heterocycles. The fraction of sp³-hybridized carbons (Fsp3) is 0.574. The molecule has 0 radical (unpaired) electrons. The molecule has 1 saturated carbocycles. The van der Waals surface area contributed by atoms with Crippen molar-refractivity contribution in [1.29, 1.82) is 0 Å². The second kappa shape index (κ2) is 32.7. The highest BCUT2D eigenvalue weighted by Crippen LogP contribution is 2.33. The van der Waals surface area contributed by atoms with Crippen LogP contribution in [0.4, 0.5) is 0 Å². The molecule has 3 aromatic heterocycles. The van der Waals surface area contributed by atoms with E-state index in [4.69, 9.17) is 0 Å². The molecular weight excluding hydrogens is 1110 g/mol. The number of aliphatic carboxylic acids is 1. The van der Waals surface area contributed by atoms with Crippen molar-refractivity contribution in [2.24, 2.45) is 16.8 Å². The van der Waals surface area contributed by atoms with E-state index in [2.05, 4.69) is 72.8 Å². The van der Waals surface area contributed by atoms with Gasteiger partial charge in [0, 0.05) is 76.0 Å². The molecule has 11 N–H and O–H groups in total. The Kier molecular flexibility index (Phi) is 25.4. The molecule has 2 aliphatic heterocycles. The van der Waals surface area contributed by atoms with Gasteiger partial charge in [0.2, 0.25) is 59.1 Å². The Labute approximate surface area is 488 Å². The van der Waals surface area contributed by atoms with Crippen molar-refractivity contribution < 1.29 is 57.8 Å². The number of carboxylic acids is 1. The Morgan fingerprint density at radius 1 is 0.735 bits per heavy atom. The largest absolute Gasteiger partial charge is 0.481 e. The first-order valence-electron chi connectivity index (χ1n) is 27.8. The van der Waals surface area contributed by atoms with Crippen molar-refractivity contribution in [1.82, 2.24) is 72.7 Å². The van der Waals surface area contributed by atoms with Crippen molar-refractivity contribution in [2.45, 2.75) is 145 Å². The molecule has 1 aliphatic carbocycles. The number of carbonyl (C=O) groups is 11. The summed E-state index contributed by atoms with van der Waals surface area (Å²) in [6.07, 6.45) is 11.1. The summed E-state index contributed by atoms with van der Waals surface area (Å²) in [6, 6.07) is -6.65. The quantitative estimate of drug-likeness (QED) is 0.0754. The van der Waals surface area contributed by atoms with Crippen molar-refractivity contribution in [2.75, 3.05) is 38.7 Å². The maximum Gasteiger partial charge on any atom is 0.303 e. The normalized spacial score (nSPS) is 25.8. The highest BCUT2D eigenvalue weighted by Gasteiger charge is 2.40. The Hall–Kier alpha value is -7.82. The average Bonchev–Trinajstić information content (AvgIpc) is 3.90. The number of carboxylic acid groups (broad SMARTS) is 1. The van der Waals surface area contributed by atoms with E-state index in [1.807, 2.05) is 0 Å². The number of pyridine rings is 1. The van der Waals surface area contributed by atoms with Crippen LogP contribution in [0, 0.1) is 11.8 Å². The number of aromatic amines is 1. The zero-order valence-corrected chi connectivity index (χ0v) is 48.3. The Balaban J connectivity index is 1.30. The number of aromatic nitrogens is 4. The molecule has 0 bridgehead atoms. The molecule has 9 atom stereocenters. The molecule has 6 rings (SSSR count). The molecule has 10 amide bonds. The van der Waals surface area contributed by atoms with Crippen LogP contribution in [0.1, 0.15) is 94.5 Å². The predicted octanol–water partition coefficient (Wildman–Crippen LogP) is -1.16. The Morgan fingerprint density at radius 2 is 1.37 bits per heavy atom. The van der Waals surface area contributed by atoms with Crippen LogP contribution in [0.2, 0.25) is 0 Å². The highest BCUT2D eigenvalue weighted by molar-refractivity contribution is 7.98. The van der Waals surface area contributed by atoms with Gasteiger partial charge in [0.15, 0.2) is 0 Å². The zero-order chi connectivity index (χ0) is 59.8. The molecule has 3 fully saturated rings. The second-order valence-corrected chi connectivity index (χ2v) is 22.4. The van der Waals surface area contributed by atoms with E-state index in [0.29, 0.717) is 29.1 Å². The van der Waals surface area contributed by atoms with Crippen molar-refractivity contribution in [3.05, 3.63) is 64.9 Å². The van der Waals surface area contributed by atoms with Crippen LogP contribution in [0.5, 0.6) is 0 Å². The molecule has 0 aromatic carbocycles. The number of imidazole rings is 1. The minimum Gasteiger partial charge on any atom is -0.481 e. The summed E-state index contributed by atoms with van der Waals surface area (Å²) in [6.45, 7) is 1.14. The van der Waals surface area contributed by atoms with Crippen molar-refractivity contribution in [3.8, 4) is 0 Å². The van der Waals surface area contributed by atoms with Crippen LogP contribution in [0.25, 0.3) is 0 Å². The predicted molar refractivity (Wildman–Crippen MR) is 305 cm³/mol. The lowest BCUT2D eigenvalue weighted by Gasteiger charge is -2.29. The van der Waals surface area contributed by atoms with Crippen LogP contribution >= 0.6 is 23.1 Å². The molecule has 29 heteroatoms. The van der Waals surface area contributed by atoms with Crippen molar-refractivity contribution >= 4 is 94.4 Å². The third kappa shape index (κ3) is 20.5. The number of aliphatic imine (C=N–C) groups is 1. The summed E-state index contributed by atoms with van der Waals surface area (Å²) < 4.78 is 0. The number of hydrogen-bond donors (Lipinski definition) is 11. The van der Waals surface area contributed by atoms with Gasteiger partial charge in [-0.05, 0) is 80.9 Å². The molecule has 27 nitrogen and oxygen atoms in total. The van der Waals surface area contributed by atoms with E-state index in [1.54, 1.807) is 48.6 Å². The molecule has 2 saturated heterocycles. The molecule has 450 valence electrons. The van der Waals surface area contributed by atoms with Gasteiger partial charge in [-0.3, -0.25) is 57.7 Å². The molecule has 3 aromatic rings. The second-order valence-electron chi connectivity index (χ2n) is 20.7. The van der Waals surface area contributed by atoms with Crippen LogP contribution in [-0.4, -0.2) is 188 Å². The SMILES string of the molecule is CC[C@@H]1NC(=O)[C@H](Cc2c[nH]cn2)NC(=O)[C@H](Cc2cscn2)NC(=O)[C@H]2CCCN2C(=O)C(/C=N/C)CCCNC(=O)[C@H](Cc2cccnc2)NC(=O)[C@H](CC2CC2)NC(=O)[C@H](CCSC)NC(=O)[C@H](CCC(=O)O)NC(=O)CNC1=O. The third-order valence-corrected chi connectivity index (χ3v) is 15.6. The lowest BCUT2D eigenvalue weighted by atomic mass is 10.0. The summed E-state index contributed by atoms with van der Waals surface area (Å²) in [5, 5.41) is 35.5. The number of H-pyrrole nitrogens is 1. The van der Waals surface area contributed by atoms with E-state index in [1.165, 1.54) is 53.8 Å². The standard InChI is InChI=1S/C54H75N15O12S2/c1-4-36-46(73)59-27-44(70)62-37(13-14-45(71)72)48(75)64-38(15-19-82-3)49(76)66-40(20-31-11-12-31)50(77)65-39(21-32-8-5-16-56-24-32)47(74)58-17-6-9-33(25-55-2)54(81)69-18-7-10-43(69)53(80)68-42(23-35-28-83-30-61-35)52(79)67-41(51(78)63-36)22-34-26-57-29-60-34/h5,8,16,24-26,28-31,33,36-43H,4,6-7,9-15,17-23,27H2,1-3H3,(H,57,60)(H,58,74)(H,59,73)(H,62,70)(H,63,78)(H,64,75)(H,65,77)(H,66,76)(H,67,79)(H,68,80)(H,71,72)/b55-25+/t33?,36-,37-,38-,39-,40-,41-,42-,43+/m0/s1. The first-order valence-corrected chi connectivity index (χ1v) is 30.1. The number of fused-ring (bicyclic) bond motifs is 1. The number of thiazole rings is 1. The summed E-state index contributed by atoms with van der Waals surface area (Å²) in [4.78, 5) is 174. The number of amides is 10. The first-order chi connectivity index (χ1) is 40.0. The lowest BCUT2D eigenvalue weighted by Crippen LogP contribution is -2.59. The van der Waals surface area contributed by atoms with Gasteiger partial charge in [-0.1, -0.05) is 25.8 Å². The average molecular weight is 1190 g/mol. The third-order valence-electron chi connectivity index (χ3n) is 14.3. The number of rotatable bonds is 16. The van der Waals surface area contributed by atoms with Crippen LogP contribution in [0.15, 0.2) is 52.9 Å². The van der Waals surface area contributed by atoms with Crippen LogP contribution in [-0.2, 0) is 72.0 Å². The van der Waals surface area contributed by atoms with Gasteiger partial charge < -0.3 is 67.8 Å². The molecule has 3 aliphatic rings. The summed E-state index contributed by atoms with van der Waals surface area (Å²) in [7, 11) is 1.51. The molecule has 83 heavy (non-hydrogen) atoms. The van der Waals surface area contributed by atoms with E-state index < -0.39 is 139 Å². The maximum atomic E-state index is 14.4. The van der Waals surface area contributed by atoms with Gasteiger partial charge >= 0.3 is 5.97 Å². The van der Waals surface area contributed by atoms with E-state index in [0.717, 1.165) is 12.8 Å². The minimum absolute atomic E-state index is 0.000340. The van der Waals surface area contributed by atoms with Gasteiger partial charge in [-0.25, -0.2) is 9.97 Å². The van der Waals surface area contributed by atoms with Gasteiger partial charge in [0.05, 0.1) is 35.7 Å². The number of nitrogens with zero attached hydrogens (tertiary/aromatic N) is 5.